The molecule has 0 aliphatic heterocycles. The van der Waals surface area contributed by atoms with Gasteiger partial charge in [0.1, 0.15) is 10.8 Å². The van der Waals surface area contributed by atoms with Crippen LogP contribution in [0.15, 0.2) is 24.3 Å². The van der Waals surface area contributed by atoms with Crippen molar-refractivity contribution in [1.29, 1.82) is 0 Å². The molecule has 0 atom stereocenters. The third kappa shape index (κ3) is 3.72. The number of hydrogen-bond donors (Lipinski definition) is 2. The highest BCUT2D eigenvalue weighted by Gasteiger charge is 2.09. The fraction of sp³-hybridized carbons (Fsp3) is 0.250. The van der Waals surface area contributed by atoms with Crippen molar-refractivity contribution >= 4 is 22.4 Å². The van der Waals surface area contributed by atoms with Crippen LogP contribution < -0.4 is 11.1 Å². The number of benzene rings is 1. The summed E-state index contributed by atoms with van der Waals surface area (Å²) in [5.41, 5.74) is 5.52. The Morgan fingerprint density at radius 1 is 1.37 bits per heavy atom. The average Bonchev–Trinajstić information content (AvgIpc) is 2.81. The van der Waals surface area contributed by atoms with Crippen LogP contribution in [0.1, 0.15) is 21.8 Å². The summed E-state index contributed by atoms with van der Waals surface area (Å²) >= 11 is 1.33. The van der Waals surface area contributed by atoms with Gasteiger partial charge < -0.3 is 11.1 Å². The maximum atomic E-state index is 13.3. The van der Waals surface area contributed by atoms with Gasteiger partial charge in [-0.3, -0.25) is 4.79 Å². The van der Waals surface area contributed by atoms with E-state index in [-0.39, 0.29) is 5.56 Å². The molecule has 0 radical (unpaired) electrons. The van der Waals surface area contributed by atoms with Crippen molar-refractivity contribution in [1.82, 2.24) is 15.5 Å². The van der Waals surface area contributed by atoms with Crippen LogP contribution >= 0.6 is 11.3 Å². The molecule has 0 saturated carbocycles. The first-order chi connectivity index (χ1) is 9.16. The summed E-state index contributed by atoms with van der Waals surface area (Å²) in [4.78, 5) is 11.7. The van der Waals surface area contributed by atoms with Crippen molar-refractivity contribution < 1.29 is 9.18 Å². The number of nitrogens with zero attached hydrogens (tertiary/aromatic N) is 2. The van der Waals surface area contributed by atoms with Gasteiger partial charge in [-0.2, -0.15) is 0 Å². The lowest BCUT2D eigenvalue weighted by Gasteiger charge is -2.04. The molecular formula is C12H13FN4OS. The highest BCUT2D eigenvalue weighted by atomic mass is 32.1. The second kappa shape index (κ2) is 6.24. The summed E-state index contributed by atoms with van der Waals surface area (Å²) in [5.74, 6) is -0.924. The second-order valence-electron chi connectivity index (χ2n) is 3.87. The van der Waals surface area contributed by atoms with E-state index in [1.165, 1.54) is 23.5 Å². The van der Waals surface area contributed by atoms with Gasteiger partial charge in [0.05, 0.1) is 5.56 Å². The molecule has 0 fully saturated rings. The van der Waals surface area contributed by atoms with E-state index in [2.05, 4.69) is 15.5 Å². The summed E-state index contributed by atoms with van der Waals surface area (Å²) in [7, 11) is 0. The van der Waals surface area contributed by atoms with E-state index in [1.54, 1.807) is 12.1 Å². The zero-order chi connectivity index (χ0) is 13.7. The summed E-state index contributed by atoms with van der Waals surface area (Å²) in [6.07, 6.45) is 1.39. The number of aromatic nitrogens is 2. The number of nitrogens with one attached hydrogen (secondary N) is 1. The minimum Gasteiger partial charge on any atom is -0.374 e. The van der Waals surface area contributed by atoms with Crippen molar-refractivity contribution in [3.8, 4) is 0 Å². The molecule has 0 aliphatic rings. The van der Waals surface area contributed by atoms with E-state index in [0.29, 0.717) is 24.5 Å². The largest absolute Gasteiger partial charge is 0.374 e. The molecule has 100 valence electrons. The van der Waals surface area contributed by atoms with E-state index >= 15 is 0 Å². The van der Waals surface area contributed by atoms with E-state index < -0.39 is 11.7 Å². The number of anilines is 1. The fourth-order valence-electron chi connectivity index (χ4n) is 1.55. The first-order valence-corrected chi connectivity index (χ1v) is 6.59. The van der Waals surface area contributed by atoms with Gasteiger partial charge in [0.2, 0.25) is 5.13 Å². The number of carbonyl (C=O) groups is 1. The zero-order valence-electron chi connectivity index (χ0n) is 10.1. The molecule has 0 unspecified atom stereocenters. The summed E-state index contributed by atoms with van der Waals surface area (Å²) in [6, 6.07) is 5.89. The normalized spacial score (nSPS) is 10.4. The molecule has 19 heavy (non-hydrogen) atoms. The Morgan fingerprint density at radius 2 is 2.16 bits per heavy atom. The molecule has 2 aromatic rings. The highest BCUT2D eigenvalue weighted by Crippen LogP contribution is 2.12. The van der Waals surface area contributed by atoms with Crippen LogP contribution in [0.25, 0.3) is 0 Å². The summed E-state index contributed by atoms with van der Waals surface area (Å²) < 4.78 is 13.3. The minimum atomic E-state index is -0.517. The third-order valence-corrected chi connectivity index (χ3v) is 3.27. The monoisotopic (exact) mass is 280 g/mol. The molecule has 2 rings (SSSR count). The number of carbonyl (C=O) groups excluding carboxylic acids is 1. The van der Waals surface area contributed by atoms with Gasteiger partial charge in [0.25, 0.3) is 5.91 Å². The Kier molecular flexibility index (Phi) is 4.40. The number of nitrogen functional groups attached to an aromatic ring is 1. The number of hydrogen-bond acceptors (Lipinski definition) is 5. The lowest BCUT2D eigenvalue weighted by molar-refractivity contribution is 0.0949. The Labute approximate surface area is 113 Å². The molecule has 1 aromatic heterocycles. The summed E-state index contributed by atoms with van der Waals surface area (Å²) in [6.45, 7) is 0.451. The van der Waals surface area contributed by atoms with Crippen LogP contribution in [0.2, 0.25) is 0 Å². The van der Waals surface area contributed by atoms with Crippen LogP contribution in [0.4, 0.5) is 9.52 Å². The van der Waals surface area contributed by atoms with Crippen molar-refractivity contribution in [2.45, 2.75) is 12.8 Å². The summed E-state index contributed by atoms with van der Waals surface area (Å²) in [5, 5.41) is 11.5. The molecule has 7 heteroatoms. The molecular weight excluding hydrogens is 267 g/mol. The van der Waals surface area contributed by atoms with Crippen molar-refractivity contribution in [2.75, 3.05) is 12.3 Å². The number of rotatable bonds is 5. The average molecular weight is 280 g/mol. The molecule has 0 bridgehead atoms. The van der Waals surface area contributed by atoms with Gasteiger partial charge in [-0.1, -0.05) is 23.5 Å². The molecule has 0 aliphatic carbocycles. The van der Waals surface area contributed by atoms with Crippen LogP contribution in [0.5, 0.6) is 0 Å². The highest BCUT2D eigenvalue weighted by molar-refractivity contribution is 7.15. The Bertz CT molecular complexity index is 572. The van der Waals surface area contributed by atoms with E-state index in [1.807, 2.05) is 0 Å². The zero-order valence-corrected chi connectivity index (χ0v) is 10.9. The smallest absolute Gasteiger partial charge is 0.254 e. The number of aryl methyl sites for hydroxylation is 1. The number of halogens is 1. The van der Waals surface area contributed by atoms with Gasteiger partial charge in [0, 0.05) is 13.0 Å². The topological polar surface area (TPSA) is 80.9 Å². The molecule has 5 nitrogen and oxygen atoms in total. The standard InChI is InChI=1S/C12H13FN4OS/c13-9-5-2-1-4-8(9)11(18)15-7-3-6-10-16-17-12(14)19-10/h1-2,4-5H,3,6-7H2,(H2,14,17)(H,15,18). The van der Waals surface area contributed by atoms with Gasteiger partial charge in [-0.25, -0.2) is 4.39 Å². The Balaban J connectivity index is 1.77. The SMILES string of the molecule is Nc1nnc(CCCNC(=O)c2ccccc2F)s1. The molecule has 1 aromatic carbocycles. The second-order valence-corrected chi connectivity index (χ2v) is 4.97. The first kappa shape index (κ1) is 13.4. The van der Waals surface area contributed by atoms with Crippen molar-refractivity contribution in [2.24, 2.45) is 0 Å². The molecule has 0 saturated heterocycles. The number of amides is 1. The lowest BCUT2D eigenvalue weighted by atomic mass is 10.2. The minimum absolute atomic E-state index is 0.0580. The Morgan fingerprint density at radius 3 is 2.84 bits per heavy atom. The predicted octanol–water partition coefficient (Wildman–Crippen LogP) is 1.62. The maximum absolute atomic E-state index is 13.3. The lowest BCUT2D eigenvalue weighted by Crippen LogP contribution is -2.25. The quantitative estimate of drug-likeness (QED) is 0.816. The van der Waals surface area contributed by atoms with Gasteiger partial charge >= 0.3 is 0 Å². The molecule has 1 amide bonds. The molecule has 3 N–H and O–H groups in total. The maximum Gasteiger partial charge on any atom is 0.254 e. The fourth-order valence-corrected chi connectivity index (χ4v) is 2.20. The first-order valence-electron chi connectivity index (χ1n) is 5.77. The van der Waals surface area contributed by atoms with Gasteiger partial charge in [-0.15, -0.1) is 10.2 Å². The van der Waals surface area contributed by atoms with Crippen molar-refractivity contribution in [3.05, 3.63) is 40.7 Å². The predicted molar refractivity (Wildman–Crippen MR) is 71.4 cm³/mol. The van der Waals surface area contributed by atoms with Crippen LogP contribution in [0, 0.1) is 5.82 Å². The molecule has 0 spiro atoms. The third-order valence-electron chi connectivity index (χ3n) is 2.45. The van der Waals surface area contributed by atoms with Crippen LogP contribution in [-0.2, 0) is 6.42 Å². The van der Waals surface area contributed by atoms with Crippen molar-refractivity contribution in [3.63, 3.8) is 0 Å². The van der Waals surface area contributed by atoms with E-state index in [0.717, 1.165) is 5.01 Å². The van der Waals surface area contributed by atoms with Gasteiger partial charge in [-0.05, 0) is 18.6 Å². The molecule has 1 heterocycles. The van der Waals surface area contributed by atoms with E-state index in [9.17, 15) is 9.18 Å². The van der Waals surface area contributed by atoms with E-state index in [4.69, 9.17) is 5.73 Å². The Hall–Kier alpha value is -2.02. The van der Waals surface area contributed by atoms with Crippen LogP contribution in [-0.4, -0.2) is 22.6 Å². The van der Waals surface area contributed by atoms with Gasteiger partial charge in [0.15, 0.2) is 0 Å². The van der Waals surface area contributed by atoms with Crippen LogP contribution in [0.3, 0.4) is 0 Å². The number of nitrogens with two attached hydrogens (primary N) is 1.